The van der Waals surface area contributed by atoms with Gasteiger partial charge in [0.1, 0.15) is 0 Å². The molecule has 2 N–H and O–H groups in total. The Morgan fingerprint density at radius 2 is 1.93 bits per heavy atom. The van der Waals surface area contributed by atoms with E-state index in [0.717, 1.165) is 22.4 Å². The van der Waals surface area contributed by atoms with Crippen molar-refractivity contribution in [2.75, 3.05) is 5.32 Å². The fourth-order valence-electron chi connectivity index (χ4n) is 2.99. The number of aromatic nitrogens is 2. The van der Waals surface area contributed by atoms with Gasteiger partial charge < -0.3 is 5.32 Å². The van der Waals surface area contributed by atoms with Crippen LogP contribution in [0.2, 0.25) is 0 Å². The number of non-ortho nitro benzene ring substituents is 1. The number of benzene rings is 2. The number of nitrogens with one attached hydrogen (secondary N) is 2. The highest BCUT2D eigenvalue weighted by Crippen LogP contribution is 2.39. The first-order valence-electron chi connectivity index (χ1n) is 8.77. The van der Waals surface area contributed by atoms with Crippen LogP contribution in [0, 0.1) is 10.1 Å². The highest BCUT2D eigenvalue weighted by molar-refractivity contribution is 5.91. The Balaban J connectivity index is 1.40. The molecule has 4 rings (SSSR count). The van der Waals surface area contributed by atoms with E-state index >= 15 is 0 Å². The second-order valence-corrected chi connectivity index (χ2v) is 6.71. The van der Waals surface area contributed by atoms with Crippen molar-refractivity contribution >= 4 is 17.4 Å². The van der Waals surface area contributed by atoms with Crippen molar-refractivity contribution in [1.82, 2.24) is 10.2 Å². The lowest BCUT2D eigenvalue weighted by molar-refractivity contribution is -0.384. The van der Waals surface area contributed by atoms with Crippen LogP contribution in [0.5, 0.6) is 0 Å². The van der Waals surface area contributed by atoms with Crippen molar-refractivity contribution < 1.29 is 9.72 Å². The fourth-order valence-corrected chi connectivity index (χ4v) is 2.99. The number of aromatic amines is 1. The monoisotopic (exact) mass is 362 g/mol. The summed E-state index contributed by atoms with van der Waals surface area (Å²) in [5.41, 5.74) is 3.63. The maximum atomic E-state index is 12.2. The second-order valence-electron chi connectivity index (χ2n) is 6.71. The Bertz CT molecular complexity index is 990. The maximum Gasteiger partial charge on any atom is 0.270 e. The van der Waals surface area contributed by atoms with Gasteiger partial charge in [0.25, 0.3) is 5.69 Å². The van der Waals surface area contributed by atoms with E-state index in [9.17, 15) is 14.9 Å². The number of hydrogen-bond acceptors (Lipinski definition) is 4. The molecule has 0 unspecified atom stereocenters. The van der Waals surface area contributed by atoms with Gasteiger partial charge in [0.05, 0.1) is 11.3 Å². The van der Waals surface area contributed by atoms with Crippen LogP contribution in [-0.4, -0.2) is 21.0 Å². The summed E-state index contributed by atoms with van der Waals surface area (Å²) in [5, 5.41) is 20.8. The van der Waals surface area contributed by atoms with Crippen LogP contribution >= 0.6 is 0 Å². The van der Waals surface area contributed by atoms with Crippen LogP contribution in [0.4, 0.5) is 11.5 Å². The summed E-state index contributed by atoms with van der Waals surface area (Å²) < 4.78 is 0. The summed E-state index contributed by atoms with van der Waals surface area (Å²) in [7, 11) is 0. The van der Waals surface area contributed by atoms with Gasteiger partial charge in [-0.25, -0.2) is 0 Å². The third-order valence-electron chi connectivity index (χ3n) is 4.59. The number of nitro groups is 1. The van der Waals surface area contributed by atoms with E-state index in [-0.39, 0.29) is 18.0 Å². The zero-order valence-electron chi connectivity index (χ0n) is 14.5. The molecule has 1 aliphatic rings. The molecule has 1 heterocycles. The van der Waals surface area contributed by atoms with Crippen molar-refractivity contribution in [1.29, 1.82) is 0 Å². The van der Waals surface area contributed by atoms with Crippen molar-refractivity contribution in [3.05, 3.63) is 76.0 Å². The Hall–Kier alpha value is -3.48. The molecular formula is C20H18N4O3. The molecule has 1 saturated carbocycles. The van der Waals surface area contributed by atoms with E-state index < -0.39 is 4.92 Å². The number of rotatable bonds is 6. The minimum atomic E-state index is -0.411. The van der Waals surface area contributed by atoms with E-state index in [1.165, 1.54) is 25.0 Å². The molecule has 7 nitrogen and oxygen atoms in total. The molecule has 0 saturated heterocycles. The molecule has 2 aromatic carbocycles. The lowest BCUT2D eigenvalue weighted by atomic mass is 10.0. The predicted octanol–water partition coefficient (Wildman–Crippen LogP) is 4.04. The van der Waals surface area contributed by atoms with Gasteiger partial charge in [0.15, 0.2) is 5.82 Å². The largest absolute Gasteiger partial charge is 0.309 e. The standard InChI is InChI=1S/C20H18N4O3/c25-20(21-19-12-18(22-23-19)15-8-9-15)10-13-4-6-14(7-5-13)16-2-1-3-17(11-16)24(26)27/h1-7,11-12,15H,8-10H2,(H2,21,22,23,25). The third-order valence-corrected chi connectivity index (χ3v) is 4.59. The molecule has 0 bridgehead atoms. The molecule has 3 aromatic rings. The zero-order chi connectivity index (χ0) is 18.8. The Kier molecular flexibility index (Phi) is 4.42. The Morgan fingerprint density at radius 1 is 1.15 bits per heavy atom. The predicted molar refractivity (Wildman–Crippen MR) is 101 cm³/mol. The summed E-state index contributed by atoms with van der Waals surface area (Å²) in [4.78, 5) is 22.7. The summed E-state index contributed by atoms with van der Waals surface area (Å²) in [6.45, 7) is 0. The molecule has 136 valence electrons. The van der Waals surface area contributed by atoms with Crippen LogP contribution in [0.3, 0.4) is 0 Å². The van der Waals surface area contributed by atoms with E-state index in [4.69, 9.17) is 0 Å². The number of carbonyl (C=O) groups excluding carboxylic acids is 1. The quantitative estimate of drug-likeness (QED) is 0.510. The molecular weight excluding hydrogens is 344 g/mol. The molecule has 1 aromatic heterocycles. The normalized spacial score (nSPS) is 13.3. The van der Waals surface area contributed by atoms with Gasteiger partial charge in [-0.05, 0) is 29.5 Å². The smallest absolute Gasteiger partial charge is 0.270 e. The maximum absolute atomic E-state index is 12.2. The number of nitrogens with zero attached hydrogens (tertiary/aromatic N) is 2. The van der Waals surface area contributed by atoms with E-state index in [1.807, 2.05) is 36.4 Å². The van der Waals surface area contributed by atoms with Gasteiger partial charge in [-0.2, -0.15) is 5.10 Å². The number of nitro benzene ring substituents is 1. The van der Waals surface area contributed by atoms with Crippen molar-refractivity contribution in [3.8, 4) is 11.1 Å². The van der Waals surface area contributed by atoms with Gasteiger partial charge in [-0.15, -0.1) is 0 Å². The van der Waals surface area contributed by atoms with Gasteiger partial charge in [0.2, 0.25) is 5.91 Å². The molecule has 0 spiro atoms. The van der Waals surface area contributed by atoms with Gasteiger partial charge >= 0.3 is 0 Å². The first kappa shape index (κ1) is 17.0. The highest BCUT2D eigenvalue weighted by Gasteiger charge is 2.25. The zero-order valence-corrected chi connectivity index (χ0v) is 14.5. The average Bonchev–Trinajstić information content (AvgIpc) is 3.42. The van der Waals surface area contributed by atoms with E-state index in [2.05, 4.69) is 15.5 Å². The van der Waals surface area contributed by atoms with Crippen molar-refractivity contribution in [2.24, 2.45) is 0 Å². The lowest BCUT2D eigenvalue weighted by Gasteiger charge is -2.05. The Morgan fingerprint density at radius 3 is 2.63 bits per heavy atom. The number of anilines is 1. The molecule has 0 aliphatic heterocycles. The van der Waals surface area contributed by atoms with E-state index in [0.29, 0.717) is 11.7 Å². The molecule has 0 radical (unpaired) electrons. The summed E-state index contributed by atoms with van der Waals surface area (Å²) in [6.07, 6.45) is 2.58. The number of amides is 1. The van der Waals surface area contributed by atoms with Crippen LogP contribution < -0.4 is 5.32 Å². The number of carbonyl (C=O) groups is 1. The van der Waals surface area contributed by atoms with Gasteiger partial charge in [-0.1, -0.05) is 36.4 Å². The molecule has 7 heteroatoms. The summed E-state index contributed by atoms with van der Waals surface area (Å²) in [6, 6.07) is 15.8. The van der Waals surface area contributed by atoms with Crippen LogP contribution in [0.25, 0.3) is 11.1 Å². The molecule has 1 amide bonds. The molecule has 1 aliphatic carbocycles. The fraction of sp³-hybridized carbons (Fsp3) is 0.200. The third kappa shape index (κ3) is 4.03. The Labute approximate surface area is 155 Å². The van der Waals surface area contributed by atoms with Gasteiger partial charge in [0, 0.05) is 29.8 Å². The van der Waals surface area contributed by atoms with Crippen molar-refractivity contribution in [3.63, 3.8) is 0 Å². The van der Waals surface area contributed by atoms with Crippen LogP contribution in [0.15, 0.2) is 54.6 Å². The molecule has 27 heavy (non-hydrogen) atoms. The first-order chi connectivity index (χ1) is 13.1. The summed E-state index contributed by atoms with van der Waals surface area (Å²) in [5.74, 6) is 0.978. The van der Waals surface area contributed by atoms with Crippen LogP contribution in [0.1, 0.15) is 30.0 Å². The minimum absolute atomic E-state index is 0.0560. The van der Waals surface area contributed by atoms with Crippen LogP contribution in [-0.2, 0) is 11.2 Å². The van der Waals surface area contributed by atoms with Gasteiger partial charge in [-0.3, -0.25) is 20.0 Å². The molecule has 1 fully saturated rings. The first-order valence-corrected chi connectivity index (χ1v) is 8.77. The summed E-state index contributed by atoms with van der Waals surface area (Å²) >= 11 is 0. The second kappa shape index (κ2) is 7.03. The topological polar surface area (TPSA) is 101 Å². The molecule has 0 atom stereocenters. The lowest BCUT2D eigenvalue weighted by Crippen LogP contribution is -2.14. The minimum Gasteiger partial charge on any atom is -0.309 e. The highest BCUT2D eigenvalue weighted by atomic mass is 16.6. The number of hydrogen-bond donors (Lipinski definition) is 2. The average molecular weight is 362 g/mol. The van der Waals surface area contributed by atoms with Crippen molar-refractivity contribution in [2.45, 2.75) is 25.2 Å². The van der Waals surface area contributed by atoms with E-state index in [1.54, 1.807) is 6.07 Å². The number of H-pyrrole nitrogens is 1. The SMILES string of the molecule is O=C(Cc1ccc(-c2cccc([N+](=O)[O-])c2)cc1)Nc1cc(C2CC2)[nH]n1.